The minimum atomic E-state index is -1.42. The van der Waals surface area contributed by atoms with E-state index in [0.29, 0.717) is 0 Å². The summed E-state index contributed by atoms with van der Waals surface area (Å²) in [6, 6.07) is -2.34. The van der Waals surface area contributed by atoms with Gasteiger partial charge in [0.25, 0.3) is 0 Å². The van der Waals surface area contributed by atoms with E-state index in [9.17, 15) is 29.4 Å². The first kappa shape index (κ1) is 33.7. The molecule has 0 aromatic heterocycles. The molecule has 0 aliphatic heterocycles. The Balaban J connectivity index is -0.0000000831. The molecule has 0 aromatic rings. The van der Waals surface area contributed by atoms with E-state index in [1.54, 1.807) is 0 Å². The molecule has 0 heterocycles. The Kier molecular flexibility index (Phi) is 28.2. The molecule has 0 saturated heterocycles. The number of hydrogen-bond donors (Lipinski definition) is 4. The molecule has 0 fully saturated rings. The summed E-state index contributed by atoms with van der Waals surface area (Å²) in [5.74, 6) is -4.95. The van der Waals surface area contributed by atoms with E-state index in [0.717, 1.165) is 0 Å². The molecule has 0 aliphatic carbocycles. The van der Waals surface area contributed by atoms with Crippen LogP contribution in [-0.4, -0.2) is 103 Å². The van der Waals surface area contributed by atoms with Crippen molar-refractivity contribution < 1.29 is 50.6 Å². The van der Waals surface area contributed by atoms with Crippen LogP contribution in [0.3, 0.4) is 0 Å². The molecule has 0 aromatic carbocycles. The van der Waals surface area contributed by atoms with Gasteiger partial charge in [-0.2, -0.15) is 0 Å². The molecule has 10 N–H and O–H groups in total. The maximum absolute atomic E-state index is 9.88. The molecule has 0 bridgehead atoms. The van der Waals surface area contributed by atoms with E-state index in [-0.39, 0.29) is 82.1 Å². The fourth-order valence-corrected chi connectivity index (χ4v) is 0.794. The number of nitrogens with two attached hydrogens (primary N) is 2. The van der Waals surface area contributed by atoms with Crippen molar-refractivity contribution in [3.8, 4) is 0 Å². The number of rotatable bonds is 8. The summed E-state index contributed by atoms with van der Waals surface area (Å²) in [4.78, 5) is 39.5. The van der Waals surface area contributed by atoms with E-state index in [4.69, 9.17) is 21.7 Å². The molecular weight excluding hydrogens is 396 g/mol. The fourth-order valence-electron chi connectivity index (χ4n) is 0.794. The molecule has 0 radical (unpaired) electrons. The average molecular weight is 416 g/mol. The van der Waals surface area contributed by atoms with Crippen LogP contribution in [0.25, 0.3) is 0 Å². The minimum Gasteiger partial charge on any atom is -0.548 e. The van der Waals surface area contributed by atoms with Gasteiger partial charge in [-0.3, -0.25) is 9.59 Å². The predicted molar refractivity (Wildman–Crippen MR) is 72.7 cm³/mol. The Morgan fingerprint density at radius 1 is 0.783 bits per heavy atom. The van der Waals surface area contributed by atoms with Gasteiger partial charge in [0.15, 0.2) is 0 Å². The van der Waals surface area contributed by atoms with Crippen LogP contribution < -0.4 is 21.7 Å². The van der Waals surface area contributed by atoms with Crippen LogP contribution in [0.15, 0.2) is 0 Å². The van der Waals surface area contributed by atoms with Gasteiger partial charge in [0.2, 0.25) is 0 Å². The van der Waals surface area contributed by atoms with Gasteiger partial charge in [0.1, 0.15) is 0 Å². The predicted octanol–water partition coefficient (Wildman–Crippen LogP) is -6.17. The summed E-state index contributed by atoms with van der Waals surface area (Å²) < 4.78 is 0. The fraction of sp³-hybridized carbons (Fsp3) is 0.600. The van der Waals surface area contributed by atoms with Gasteiger partial charge in [-0.25, -0.2) is 0 Å². The van der Waals surface area contributed by atoms with Gasteiger partial charge in [-0.05, 0) is 12.8 Å². The summed E-state index contributed by atoms with van der Waals surface area (Å²) in [6.45, 7) is 0. The second kappa shape index (κ2) is 19.2. The van der Waals surface area contributed by atoms with E-state index in [2.05, 4.69) is 0 Å². The second-order valence-corrected chi connectivity index (χ2v) is 3.72. The molecule has 0 saturated carbocycles. The smallest absolute Gasteiger partial charge is 0.548 e. The zero-order valence-corrected chi connectivity index (χ0v) is 15.7. The van der Waals surface area contributed by atoms with E-state index in [1.807, 2.05) is 0 Å². The van der Waals surface area contributed by atoms with Crippen molar-refractivity contribution in [2.75, 3.05) is 0 Å². The van der Waals surface area contributed by atoms with E-state index >= 15 is 0 Å². The molecule has 132 valence electrons. The number of carbonyl (C=O) groups excluding carboxylic acids is 2. The number of aliphatic carboxylic acids is 4. The number of carboxylic acids is 4. The molecule has 0 aliphatic rings. The normalized spacial score (nSPS) is 10.9. The first-order chi connectivity index (χ1) is 9.07. The monoisotopic (exact) mass is 416 g/mol. The van der Waals surface area contributed by atoms with Gasteiger partial charge < -0.3 is 52.4 Å². The van der Waals surface area contributed by atoms with Crippen LogP contribution in [0.2, 0.25) is 0 Å². The van der Waals surface area contributed by atoms with Crippen LogP contribution in [0.1, 0.15) is 25.7 Å². The molecular formula is C10H20N2O10Sr. The van der Waals surface area contributed by atoms with Crippen molar-refractivity contribution in [2.24, 2.45) is 11.5 Å². The Morgan fingerprint density at radius 3 is 1.13 bits per heavy atom. The summed E-state index contributed by atoms with van der Waals surface area (Å²) in [6.07, 6.45) is -0.653. The van der Waals surface area contributed by atoms with Gasteiger partial charge in [-0.1, -0.05) is 0 Å². The Morgan fingerprint density at radius 2 is 1.00 bits per heavy atom. The first-order valence-corrected chi connectivity index (χ1v) is 5.44. The molecule has 23 heavy (non-hydrogen) atoms. The number of carboxylic acid groups (broad SMARTS) is 4. The Hall–Kier alpha value is -0.799. The van der Waals surface area contributed by atoms with Gasteiger partial charge in [0, 0.05) is 24.9 Å². The summed E-state index contributed by atoms with van der Waals surface area (Å²) in [5, 5.41) is 35.9. The van der Waals surface area contributed by atoms with Crippen molar-refractivity contribution >= 4 is 69.4 Å². The van der Waals surface area contributed by atoms with Crippen molar-refractivity contribution in [3.63, 3.8) is 0 Å². The van der Waals surface area contributed by atoms with E-state index in [1.165, 1.54) is 0 Å². The summed E-state index contributed by atoms with van der Waals surface area (Å²) in [7, 11) is 0. The Labute approximate surface area is 168 Å². The van der Waals surface area contributed by atoms with Gasteiger partial charge in [-0.15, -0.1) is 0 Å². The van der Waals surface area contributed by atoms with Crippen LogP contribution in [-0.2, 0) is 19.2 Å². The molecule has 13 heteroatoms. The largest absolute Gasteiger partial charge is 2.00 e. The maximum Gasteiger partial charge on any atom is 2.00 e. The molecule has 0 spiro atoms. The third-order valence-corrected chi connectivity index (χ3v) is 1.94. The van der Waals surface area contributed by atoms with Crippen LogP contribution in [0, 0.1) is 0 Å². The second-order valence-electron chi connectivity index (χ2n) is 3.72. The molecule has 0 amide bonds. The Bertz CT molecular complexity index is 332. The minimum absolute atomic E-state index is 0. The number of hydrogen-bond acceptors (Lipinski definition) is 8. The maximum atomic E-state index is 9.88. The topological polar surface area (TPSA) is 270 Å². The summed E-state index contributed by atoms with van der Waals surface area (Å²) in [5.41, 5.74) is 9.88. The number of carbonyl (C=O) groups is 4. The van der Waals surface area contributed by atoms with Gasteiger partial charge >= 0.3 is 57.4 Å². The van der Waals surface area contributed by atoms with Crippen molar-refractivity contribution in [1.82, 2.24) is 0 Å². The van der Waals surface area contributed by atoms with Crippen LogP contribution >= 0.6 is 0 Å². The quantitative estimate of drug-likeness (QED) is 0.272. The first-order valence-electron chi connectivity index (χ1n) is 5.44. The molecule has 2 atom stereocenters. The van der Waals surface area contributed by atoms with Gasteiger partial charge in [0.05, 0.1) is 11.9 Å². The summed E-state index contributed by atoms with van der Waals surface area (Å²) >= 11 is 0. The zero-order chi connectivity index (χ0) is 16.3. The molecule has 0 unspecified atom stereocenters. The third-order valence-electron chi connectivity index (χ3n) is 1.94. The van der Waals surface area contributed by atoms with Crippen molar-refractivity contribution in [1.29, 1.82) is 0 Å². The van der Waals surface area contributed by atoms with Crippen LogP contribution in [0.4, 0.5) is 0 Å². The molecule has 12 nitrogen and oxygen atoms in total. The third kappa shape index (κ3) is 26.4. The van der Waals surface area contributed by atoms with Crippen molar-refractivity contribution in [3.05, 3.63) is 0 Å². The average Bonchev–Trinajstić information content (AvgIpc) is 2.33. The molecule has 0 rings (SSSR count). The SMILES string of the molecule is N[C@@H](CCC(=O)O)C(=O)[O-].N[C@@H](CCC(=O)O)C(=O)[O-].O.O.[Sr+2]. The zero-order valence-electron chi connectivity index (χ0n) is 12.2. The van der Waals surface area contributed by atoms with Crippen LogP contribution in [0.5, 0.6) is 0 Å². The standard InChI is InChI=1S/2C5H9NO4.2H2O.Sr/c2*6-3(5(9)10)1-2-4(7)8;;;/h2*3H,1-2,6H2,(H,7,8)(H,9,10);2*1H2;/q;;;;+2/p-2/t2*3-;;;/m00.../s1. The van der Waals surface area contributed by atoms with Crippen molar-refractivity contribution in [2.45, 2.75) is 37.8 Å². The van der Waals surface area contributed by atoms with E-state index < -0.39 is 36.0 Å².